The van der Waals surface area contributed by atoms with Gasteiger partial charge in [0.1, 0.15) is 10.9 Å². The van der Waals surface area contributed by atoms with Gasteiger partial charge >= 0.3 is 0 Å². The lowest BCUT2D eigenvalue weighted by Gasteiger charge is -2.14. The van der Waals surface area contributed by atoms with E-state index in [1.54, 1.807) is 0 Å². The van der Waals surface area contributed by atoms with Gasteiger partial charge in [0.05, 0.1) is 10.8 Å². The SMILES string of the molecule is CC(C)CNC(=O)C(C)Sc1nc(C2CC2)nc2ccccc12. The average Bonchev–Trinajstić information content (AvgIpc) is 3.37. The first-order valence-electron chi connectivity index (χ1n) is 8.25. The van der Waals surface area contributed by atoms with E-state index < -0.39 is 0 Å². The maximum absolute atomic E-state index is 12.2. The molecule has 1 aromatic carbocycles. The molecule has 1 saturated carbocycles. The van der Waals surface area contributed by atoms with Crippen molar-refractivity contribution < 1.29 is 4.79 Å². The number of aromatic nitrogens is 2. The lowest BCUT2D eigenvalue weighted by molar-refractivity contribution is -0.120. The Labute approximate surface area is 141 Å². The molecule has 1 aromatic heterocycles. The maximum Gasteiger partial charge on any atom is 0.233 e. The molecule has 0 spiro atoms. The molecule has 3 rings (SSSR count). The van der Waals surface area contributed by atoms with Crippen molar-refractivity contribution >= 4 is 28.6 Å². The Morgan fingerprint density at radius 1 is 1.26 bits per heavy atom. The van der Waals surface area contributed by atoms with Crippen LogP contribution in [0, 0.1) is 5.92 Å². The van der Waals surface area contributed by atoms with Gasteiger partial charge in [0, 0.05) is 17.8 Å². The summed E-state index contributed by atoms with van der Waals surface area (Å²) in [5.74, 6) is 1.96. The minimum absolute atomic E-state index is 0.0689. The summed E-state index contributed by atoms with van der Waals surface area (Å²) in [7, 11) is 0. The van der Waals surface area contributed by atoms with Gasteiger partial charge in [-0.2, -0.15) is 0 Å². The number of amides is 1. The fraction of sp³-hybridized carbons (Fsp3) is 0.500. The number of nitrogens with zero attached hydrogens (tertiary/aromatic N) is 2. The number of rotatable bonds is 6. The fourth-order valence-electron chi connectivity index (χ4n) is 2.35. The average molecular weight is 329 g/mol. The second-order valence-corrected chi connectivity index (χ2v) is 7.91. The van der Waals surface area contributed by atoms with E-state index in [0.717, 1.165) is 21.8 Å². The zero-order valence-electron chi connectivity index (χ0n) is 13.9. The van der Waals surface area contributed by atoms with Gasteiger partial charge in [0.2, 0.25) is 5.91 Å². The molecule has 1 amide bonds. The Kier molecular flexibility index (Phi) is 4.85. The molecule has 1 N–H and O–H groups in total. The third kappa shape index (κ3) is 4.02. The highest BCUT2D eigenvalue weighted by Crippen LogP contribution is 2.40. The Bertz CT molecular complexity index is 712. The molecule has 0 bridgehead atoms. The van der Waals surface area contributed by atoms with Crippen LogP contribution < -0.4 is 5.32 Å². The second kappa shape index (κ2) is 6.87. The summed E-state index contributed by atoms with van der Waals surface area (Å²) >= 11 is 1.53. The van der Waals surface area contributed by atoms with Crippen LogP contribution in [0.25, 0.3) is 10.9 Å². The summed E-state index contributed by atoms with van der Waals surface area (Å²) in [6, 6.07) is 8.05. The molecule has 5 heteroatoms. The minimum atomic E-state index is -0.167. The van der Waals surface area contributed by atoms with Crippen LogP contribution in [0.3, 0.4) is 0 Å². The quantitative estimate of drug-likeness (QED) is 0.647. The van der Waals surface area contributed by atoms with Crippen LogP contribution in [0.4, 0.5) is 0 Å². The predicted molar refractivity (Wildman–Crippen MR) is 94.7 cm³/mol. The first-order chi connectivity index (χ1) is 11.0. The standard InChI is InChI=1S/C18H23N3OS/c1-11(2)10-19-17(22)12(3)23-18-14-6-4-5-7-15(14)20-16(21-18)13-8-9-13/h4-7,11-13H,8-10H2,1-3H3,(H,19,22). The van der Waals surface area contributed by atoms with Crippen molar-refractivity contribution in [3.63, 3.8) is 0 Å². The number of benzene rings is 1. The molecule has 122 valence electrons. The number of fused-ring (bicyclic) bond motifs is 1. The van der Waals surface area contributed by atoms with Crippen molar-refractivity contribution in [2.24, 2.45) is 5.92 Å². The van der Waals surface area contributed by atoms with Gasteiger partial charge in [-0.05, 0) is 31.7 Å². The normalized spacial score (nSPS) is 15.8. The van der Waals surface area contributed by atoms with Gasteiger partial charge in [-0.3, -0.25) is 4.79 Å². The van der Waals surface area contributed by atoms with Crippen LogP contribution in [-0.2, 0) is 4.79 Å². The Balaban J connectivity index is 1.82. The number of nitrogens with one attached hydrogen (secondary N) is 1. The van der Waals surface area contributed by atoms with Crippen LogP contribution in [0.1, 0.15) is 45.4 Å². The predicted octanol–water partition coefficient (Wildman–Crippen LogP) is 3.76. The number of hydrogen-bond acceptors (Lipinski definition) is 4. The number of carbonyl (C=O) groups excluding carboxylic acids is 1. The van der Waals surface area contributed by atoms with Crippen LogP contribution >= 0.6 is 11.8 Å². The van der Waals surface area contributed by atoms with E-state index in [2.05, 4.69) is 24.1 Å². The van der Waals surface area contributed by atoms with Gasteiger partial charge < -0.3 is 5.32 Å². The molecule has 0 aliphatic heterocycles. The Hall–Kier alpha value is -1.62. The summed E-state index contributed by atoms with van der Waals surface area (Å²) in [4.78, 5) is 21.7. The smallest absolute Gasteiger partial charge is 0.233 e. The van der Waals surface area contributed by atoms with Crippen molar-refractivity contribution in [1.29, 1.82) is 0 Å². The largest absolute Gasteiger partial charge is 0.355 e. The van der Waals surface area contributed by atoms with Crippen molar-refractivity contribution in [1.82, 2.24) is 15.3 Å². The highest BCUT2D eigenvalue weighted by Gasteiger charge is 2.28. The van der Waals surface area contributed by atoms with E-state index in [-0.39, 0.29) is 11.2 Å². The summed E-state index contributed by atoms with van der Waals surface area (Å²) in [5.41, 5.74) is 0.974. The molecular weight excluding hydrogens is 306 g/mol. The van der Waals surface area contributed by atoms with E-state index in [4.69, 9.17) is 4.98 Å². The highest BCUT2D eigenvalue weighted by atomic mass is 32.2. The molecule has 1 aliphatic rings. The van der Waals surface area contributed by atoms with Crippen molar-refractivity contribution in [3.8, 4) is 0 Å². The highest BCUT2D eigenvalue weighted by molar-refractivity contribution is 8.00. The van der Waals surface area contributed by atoms with Crippen molar-refractivity contribution in [3.05, 3.63) is 30.1 Å². The number of thioether (sulfide) groups is 1. The third-order valence-electron chi connectivity index (χ3n) is 3.87. The molecule has 23 heavy (non-hydrogen) atoms. The van der Waals surface area contributed by atoms with E-state index in [1.807, 2.05) is 31.2 Å². The van der Waals surface area contributed by atoms with E-state index in [0.29, 0.717) is 18.4 Å². The van der Waals surface area contributed by atoms with Gasteiger partial charge in [0.25, 0.3) is 0 Å². The molecule has 0 radical (unpaired) electrons. The first-order valence-corrected chi connectivity index (χ1v) is 9.13. The molecule has 1 unspecified atom stereocenters. The molecule has 1 aliphatic carbocycles. The Morgan fingerprint density at radius 3 is 2.70 bits per heavy atom. The third-order valence-corrected chi connectivity index (χ3v) is 4.97. The zero-order valence-corrected chi connectivity index (χ0v) is 14.7. The van der Waals surface area contributed by atoms with Gasteiger partial charge in [-0.25, -0.2) is 9.97 Å². The summed E-state index contributed by atoms with van der Waals surface area (Å²) < 4.78 is 0. The number of carbonyl (C=O) groups is 1. The molecule has 0 saturated heterocycles. The topological polar surface area (TPSA) is 54.9 Å². The minimum Gasteiger partial charge on any atom is -0.355 e. The monoisotopic (exact) mass is 329 g/mol. The first kappa shape index (κ1) is 16.2. The molecule has 4 nitrogen and oxygen atoms in total. The van der Waals surface area contributed by atoms with E-state index in [1.165, 1.54) is 24.6 Å². The maximum atomic E-state index is 12.2. The van der Waals surface area contributed by atoms with Gasteiger partial charge in [-0.1, -0.05) is 43.8 Å². The fourth-order valence-corrected chi connectivity index (χ4v) is 3.32. The van der Waals surface area contributed by atoms with Crippen LogP contribution in [0.15, 0.2) is 29.3 Å². The number of hydrogen-bond donors (Lipinski definition) is 1. The summed E-state index contributed by atoms with van der Waals surface area (Å²) in [6.07, 6.45) is 2.35. The van der Waals surface area contributed by atoms with Crippen molar-refractivity contribution in [2.75, 3.05) is 6.54 Å². The van der Waals surface area contributed by atoms with Crippen LogP contribution in [0.2, 0.25) is 0 Å². The Morgan fingerprint density at radius 2 is 2.00 bits per heavy atom. The number of para-hydroxylation sites is 1. The van der Waals surface area contributed by atoms with E-state index in [9.17, 15) is 4.79 Å². The van der Waals surface area contributed by atoms with Crippen molar-refractivity contribution in [2.45, 2.75) is 49.8 Å². The van der Waals surface area contributed by atoms with E-state index >= 15 is 0 Å². The molecule has 1 fully saturated rings. The van der Waals surface area contributed by atoms with Gasteiger partial charge in [-0.15, -0.1) is 0 Å². The molecule has 2 aromatic rings. The lowest BCUT2D eigenvalue weighted by atomic mass is 10.2. The second-order valence-electron chi connectivity index (χ2n) is 6.58. The molecular formula is C18H23N3OS. The van der Waals surface area contributed by atoms with Crippen LogP contribution in [0.5, 0.6) is 0 Å². The molecule has 1 atom stereocenters. The zero-order chi connectivity index (χ0) is 16.4. The van der Waals surface area contributed by atoms with Crippen LogP contribution in [-0.4, -0.2) is 27.7 Å². The summed E-state index contributed by atoms with van der Waals surface area (Å²) in [5, 5.41) is 4.78. The molecule has 1 heterocycles. The lowest BCUT2D eigenvalue weighted by Crippen LogP contribution is -2.33. The van der Waals surface area contributed by atoms with Gasteiger partial charge in [0.15, 0.2) is 0 Å². The summed E-state index contributed by atoms with van der Waals surface area (Å²) in [6.45, 7) is 6.84.